The molecule has 1 heterocycles. The maximum absolute atomic E-state index is 12.1. The van der Waals surface area contributed by atoms with Crippen LogP contribution in [0.5, 0.6) is 0 Å². The van der Waals surface area contributed by atoms with E-state index in [0.29, 0.717) is 22.9 Å². The van der Waals surface area contributed by atoms with Gasteiger partial charge in [-0.25, -0.2) is 4.98 Å². The number of carbonyl (C=O) groups is 2. The molecule has 2 N–H and O–H groups in total. The van der Waals surface area contributed by atoms with Crippen LogP contribution in [0.3, 0.4) is 0 Å². The van der Waals surface area contributed by atoms with E-state index < -0.39 is 0 Å². The number of nitrogens with zero attached hydrogens (tertiary/aromatic N) is 1. The Morgan fingerprint density at radius 2 is 1.64 bits per heavy atom. The van der Waals surface area contributed by atoms with Gasteiger partial charge in [0.25, 0.3) is 5.91 Å². The van der Waals surface area contributed by atoms with Gasteiger partial charge < -0.3 is 5.32 Å². The maximum Gasteiger partial charge on any atom is 0.257 e. The second kappa shape index (κ2) is 8.21. The van der Waals surface area contributed by atoms with Crippen molar-refractivity contribution in [2.75, 3.05) is 5.32 Å². The van der Waals surface area contributed by atoms with E-state index in [9.17, 15) is 9.59 Å². The number of hydrogen-bond donors (Lipinski definition) is 2. The Balaban J connectivity index is 1.51. The highest BCUT2D eigenvalue weighted by atomic mass is 32.1. The fourth-order valence-corrected chi connectivity index (χ4v) is 2.93. The van der Waals surface area contributed by atoms with E-state index in [1.807, 2.05) is 36.4 Å². The molecule has 0 aliphatic carbocycles. The van der Waals surface area contributed by atoms with E-state index >= 15 is 0 Å². The highest BCUT2D eigenvalue weighted by Crippen LogP contribution is 2.17. The number of carbonyl (C=O) groups excluding carboxylic acids is 2. The Morgan fingerprint density at radius 3 is 2.36 bits per heavy atom. The van der Waals surface area contributed by atoms with Gasteiger partial charge in [-0.05, 0) is 17.7 Å². The lowest BCUT2D eigenvalue weighted by atomic mass is 10.2. The van der Waals surface area contributed by atoms with Crippen molar-refractivity contribution in [3.63, 3.8) is 0 Å². The van der Waals surface area contributed by atoms with Crippen molar-refractivity contribution in [2.45, 2.75) is 13.0 Å². The SMILES string of the molecule is O=C(Cc1csc(NC(=O)c2ccccc2)n1)NCc1ccccc1. The van der Waals surface area contributed by atoms with Gasteiger partial charge in [0, 0.05) is 17.5 Å². The van der Waals surface area contributed by atoms with Gasteiger partial charge in [-0.1, -0.05) is 48.5 Å². The summed E-state index contributed by atoms with van der Waals surface area (Å²) in [6.07, 6.45) is 0.185. The van der Waals surface area contributed by atoms with Crippen LogP contribution in [0.2, 0.25) is 0 Å². The van der Waals surface area contributed by atoms with Crippen LogP contribution in [-0.4, -0.2) is 16.8 Å². The van der Waals surface area contributed by atoms with Gasteiger partial charge in [0.15, 0.2) is 5.13 Å². The number of anilines is 1. The Bertz CT molecular complexity index is 847. The Morgan fingerprint density at radius 1 is 0.960 bits per heavy atom. The molecular formula is C19H17N3O2S. The number of rotatable bonds is 6. The zero-order valence-electron chi connectivity index (χ0n) is 13.4. The normalized spacial score (nSPS) is 10.2. The Labute approximate surface area is 149 Å². The first-order valence-electron chi connectivity index (χ1n) is 7.82. The summed E-state index contributed by atoms with van der Waals surface area (Å²) in [6.45, 7) is 0.488. The van der Waals surface area contributed by atoms with Crippen molar-refractivity contribution in [1.29, 1.82) is 0 Å². The van der Waals surface area contributed by atoms with Gasteiger partial charge in [0.1, 0.15) is 0 Å². The molecule has 0 bridgehead atoms. The molecule has 0 spiro atoms. The lowest BCUT2D eigenvalue weighted by molar-refractivity contribution is -0.120. The van der Waals surface area contributed by atoms with Crippen LogP contribution in [0.1, 0.15) is 21.6 Å². The van der Waals surface area contributed by atoms with Crippen LogP contribution in [0.25, 0.3) is 0 Å². The largest absolute Gasteiger partial charge is 0.352 e. The summed E-state index contributed by atoms with van der Waals surface area (Å²) in [5.41, 5.74) is 2.25. The molecule has 1 aromatic heterocycles. The summed E-state index contributed by atoms with van der Waals surface area (Å²) in [6, 6.07) is 18.7. The van der Waals surface area contributed by atoms with Gasteiger partial charge in [-0.15, -0.1) is 11.3 Å². The smallest absolute Gasteiger partial charge is 0.257 e. The molecule has 2 amide bonds. The van der Waals surface area contributed by atoms with Crippen LogP contribution >= 0.6 is 11.3 Å². The minimum Gasteiger partial charge on any atom is -0.352 e. The molecule has 0 atom stereocenters. The first-order chi connectivity index (χ1) is 12.2. The van der Waals surface area contributed by atoms with Gasteiger partial charge in [-0.3, -0.25) is 14.9 Å². The van der Waals surface area contributed by atoms with Gasteiger partial charge in [-0.2, -0.15) is 0 Å². The molecule has 3 rings (SSSR count). The average molecular weight is 351 g/mol. The first kappa shape index (κ1) is 16.9. The van der Waals surface area contributed by atoms with Crippen LogP contribution in [0.4, 0.5) is 5.13 Å². The monoisotopic (exact) mass is 351 g/mol. The number of nitrogens with one attached hydrogen (secondary N) is 2. The van der Waals surface area contributed by atoms with Crippen LogP contribution in [-0.2, 0) is 17.8 Å². The van der Waals surface area contributed by atoms with Gasteiger partial charge >= 0.3 is 0 Å². The third-order valence-electron chi connectivity index (χ3n) is 3.48. The molecule has 0 fully saturated rings. The summed E-state index contributed by atoms with van der Waals surface area (Å²) < 4.78 is 0. The van der Waals surface area contributed by atoms with Crippen molar-refractivity contribution in [2.24, 2.45) is 0 Å². The molecule has 0 unspecified atom stereocenters. The zero-order chi connectivity index (χ0) is 17.5. The second-order valence-electron chi connectivity index (χ2n) is 5.40. The summed E-state index contributed by atoms with van der Waals surface area (Å²) in [5, 5.41) is 7.87. The van der Waals surface area contributed by atoms with Crippen molar-refractivity contribution in [3.05, 3.63) is 82.9 Å². The van der Waals surface area contributed by atoms with Crippen LogP contribution in [0.15, 0.2) is 66.0 Å². The van der Waals surface area contributed by atoms with Crippen molar-refractivity contribution >= 4 is 28.3 Å². The van der Waals surface area contributed by atoms with E-state index in [1.54, 1.807) is 29.6 Å². The Hall–Kier alpha value is -2.99. The molecule has 0 saturated carbocycles. The highest BCUT2D eigenvalue weighted by molar-refractivity contribution is 7.14. The predicted octanol–water partition coefficient (Wildman–Crippen LogP) is 3.25. The minimum absolute atomic E-state index is 0.102. The van der Waals surface area contributed by atoms with Crippen LogP contribution < -0.4 is 10.6 Å². The lowest BCUT2D eigenvalue weighted by Crippen LogP contribution is -2.24. The Kier molecular flexibility index (Phi) is 5.53. The topological polar surface area (TPSA) is 71.1 Å². The van der Waals surface area contributed by atoms with Gasteiger partial charge in [0.2, 0.25) is 5.91 Å². The molecule has 0 radical (unpaired) electrons. The summed E-state index contributed by atoms with van der Waals surface area (Å²) in [5.74, 6) is -0.315. The zero-order valence-corrected chi connectivity index (χ0v) is 14.3. The fourth-order valence-electron chi connectivity index (χ4n) is 2.23. The van der Waals surface area contributed by atoms with Crippen molar-refractivity contribution in [3.8, 4) is 0 Å². The van der Waals surface area contributed by atoms with Crippen LogP contribution in [0, 0.1) is 0 Å². The van der Waals surface area contributed by atoms with E-state index in [1.165, 1.54) is 11.3 Å². The summed E-state index contributed by atoms with van der Waals surface area (Å²) >= 11 is 1.31. The minimum atomic E-state index is -0.213. The van der Waals surface area contributed by atoms with E-state index in [4.69, 9.17) is 0 Å². The summed E-state index contributed by atoms with van der Waals surface area (Å²) in [7, 11) is 0. The second-order valence-corrected chi connectivity index (χ2v) is 6.26. The molecule has 0 aliphatic rings. The third kappa shape index (κ3) is 4.99. The number of thiazole rings is 1. The number of aromatic nitrogens is 1. The molecular weight excluding hydrogens is 334 g/mol. The summed E-state index contributed by atoms with van der Waals surface area (Å²) in [4.78, 5) is 28.4. The maximum atomic E-state index is 12.1. The number of benzene rings is 2. The van der Waals surface area contributed by atoms with Crippen molar-refractivity contribution in [1.82, 2.24) is 10.3 Å². The molecule has 25 heavy (non-hydrogen) atoms. The molecule has 6 heteroatoms. The fraction of sp³-hybridized carbons (Fsp3) is 0.105. The molecule has 126 valence electrons. The molecule has 5 nitrogen and oxygen atoms in total. The van der Waals surface area contributed by atoms with E-state index in [2.05, 4.69) is 15.6 Å². The van der Waals surface area contributed by atoms with Crippen molar-refractivity contribution < 1.29 is 9.59 Å². The molecule has 0 saturated heterocycles. The lowest BCUT2D eigenvalue weighted by Gasteiger charge is -2.04. The average Bonchev–Trinajstić information content (AvgIpc) is 3.08. The highest BCUT2D eigenvalue weighted by Gasteiger charge is 2.11. The van der Waals surface area contributed by atoms with E-state index in [0.717, 1.165) is 5.56 Å². The molecule has 2 aromatic carbocycles. The molecule has 0 aliphatic heterocycles. The quantitative estimate of drug-likeness (QED) is 0.716. The first-order valence-corrected chi connectivity index (χ1v) is 8.70. The van der Waals surface area contributed by atoms with E-state index in [-0.39, 0.29) is 18.2 Å². The number of hydrogen-bond acceptors (Lipinski definition) is 4. The van der Waals surface area contributed by atoms with Gasteiger partial charge in [0.05, 0.1) is 12.1 Å². The molecule has 3 aromatic rings. The predicted molar refractivity (Wildman–Crippen MR) is 98.5 cm³/mol. The third-order valence-corrected chi connectivity index (χ3v) is 4.29. The number of amides is 2. The standard InChI is InChI=1S/C19H17N3O2S/c23-17(20-12-14-7-3-1-4-8-14)11-16-13-25-19(21-16)22-18(24)15-9-5-2-6-10-15/h1-10,13H,11-12H2,(H,20,23)(H,21,22,24).